The highest BCUT2D eigenvalue weighted by atomic mass is 16.4. The van der Waals surface area contributed by atoms with Crippen molar-refractivity contribution in [2.24, 2.45) is 17.6 Å². The molecule has 0 rings (SSSR count). The summed E-state index contributed by atoms with van der Waals surface area (Å²) in [5.41, 5.74) is 5.81. The Balaban J connectivity index is 5.30. The molecule has 0 saturated carbocycles. The maximum absolute atomic E-state index is 12.7. The van der Waals surface area contributed by atoms with Crippen LogP contribution in [-0.2, 0) is 24.0 Å². The molecule has 0 heterocycles. The minimum atomic E-state index is -1.28. The maximum Gasteiger partial charge on any atom is 0.322 e. The van der Waals surface area contributed by atoms with Crippen LogP contribution in [0.3, 0.4) is 0 Å². The molecule has 7 N–H and O–H groups in total. The number of carboxylic acids is 2. The first-order valence-electron chi connectivity index (χ1n) is 9.42. The molecule has 3 unspecified atom stereocenters. The zero-order valence-electron chi connectivity index (χ0n) is 17.2. The lowest BCUT2D eigenvalue weighted by Gasteiger charge is -2.25. The van der Waals surface area contributed by atoms with Crippen molar-refractivity contribution in [2.45, 2.75) is 65.1 Å². The number of hydrogen-bond acceptors (Lipinski definition) is 6. The standard InChI is InChI=1S/C18H32N4O7/c1-9(2)7-12(22-18(29)15(19)10(3)4)17(28)21-11(5-6-13(23)24)16(27)20-8-14(25)26/h9-12,15H,5-8,19H2,1-4H3,(H,20,27)(H,21,28)(H,22,29)(H,23,24)(H,25,26). The van der Waals surface area contributed by atoms with E-state index in [0.717, 1.165) is 0 Å². The first-order chi connectivity index (χ1) is 13.3. The van der Waals surface area contributed by atoms with Crippen LogP contribution in [-0.4, -0.2) is 64.5 Å². The van der Waals surface area contributed by atoms with Crippen LogP contribution in [0.2, 0.25) is 0 Å². The third-order valence-corrected chi connectivity index (χ3v) is 4.05. The third kappa shape index (κ3) is 11.0. The van der Waals surface area contributed by atoms with E-state index in [9.17, 15) is 24.0 Å². The summed E-state index contributed by atoms with van der Waals surface area (Å²) in [4.78, 5) is 58.6. The molecule has 29 heavy (non-hydrogen) atoms. The summed E-state index contributed by atoms with van der Waals surface area (Å²) in [5, 5.41) is 24.6. The van der Waals surface area contributed by atoms with E-state index in [1.807, 2.05) is 13.8 Å². The molecule has 0 aliphatic carbocycles. The molecule has 0 aliphatic heterocycles. The van der Waals surface area contributed by atoms with Gasteiger partial charge >= 0.3 is 11.9 Å². The summed E-state index contributed by atoms with van der Waals surface area (Å²) in [6.07, 6.45) is -0.379. The van der Waals surface area contributed by atoms with E-state index in [2.05, 4.69) is 16.0 Å². The van der Waals surface area contributed by atoms with Crippen molar-refractivity contribution in [1.82, 2.24) is 16.0 Å². The molecule has 0 saturated heterocycles. The predicted octanol–water partition coefficient (Wildman–Crippen LogP) is -0.949. The summed E-state index contributed by atoms with van der Waals surface area (Å²) >= 11 is 0. The van der Waals surface area contributed by atoms with Crippen molar-refractivity contribution in [2.75, 3.05) is 6.54 Å². The highest BCUT2D eigenvalue weighted by molar-refractivity contribution is 5.93. The van der Waals surface area contributed by atoms with Gasteiger partial charge in [-0.15, -0.1) is 0 Å². The molecule has 0 aromatic carbocycles. The first-order valence-corrected chi connectivity index (χ1v) is 9.42. The molecule has 0 bridgehead atoms. The van der Waals surface area contributed by atoms with E-state index < -0.39 is 60.8 Å². The summed E-state index contributed by atoms with van der Waals surface area (Å²) in [5.74, 6) is -4.60. The van der Waals surface area contributed by atoms with Gasteiger partial charge in [-0.05, 0) is 24.7 Å². The maximum atomic E-state index is 12.7. The molecule has 0 fully saturated rings. The summed E-state index contributed by atoms with van der Waals surface area (Å²) in [6.45, 7) is 6.53. The second kappa shape index (κ2) is 12.7. The van der Waals surface area contributed by atoms with Gasteiger partial charge in [0.05, 0.1) is 6.04 Å². The van der Waals surface area contributed by atoms with Crippen LogP contribution >= 0.6 is 0 Å². The number of nitrogens with one attached hydrogen (secondary N) is 3. The number of carboxylic acid groups (broad SMARTS) is 2. The van der Waals surface area contributed by atoms with Gasteiger partial charge < -0.3 is 31.9 Å². The van der Waals surface area contributed by atoms with Gasteiger partial charge in [0.1, 0.15) is 18.6 Å². The minimum absolute atomic E-state index is 0.0274. The average Bonchev–Trinajstić information content (AvgIpc) is 2.60. The molecule has 0 aromatic rings. The van der Waals surface area contributed by atoms with Crippen molar-refractivity contribution >= 4 is 29.7 Å². The molecule has 0 aliphatic rings. The number of nitrogens with two attached hydrogens (primary N) is 1. The van der Waals surface area contributed by atoms with Crippen molar-refractivity contribution in [3.05, 3.63) is 0 Å². The zero-order chi connectivity index (χ0) is 22.7. The highest BCUT2D eigenvalue weighted by Crippen LogP contribution is 2.08. The van der Waals surface area contributed by atoms with Crippen molar-refractivity contribution in [3.8, 4) is 0 Å². The number of rotatable bonds is 13. The number of aliphatic carboxylic acids is 2. The van der Waals surface area contributed by atoms with E-state index in [1.165, 1.54) is 0 Å². The quantitative estimate of drug-likeness (QED) is 0.221. The highest BCUT2D eigenvalue weighted by Gasteiger charge is 2.29. The van der Waals surface area contributed by atoms with Crippen molar-refractivity contribution in [3.63, 3.8) is 0 Å². The molecule has 3 atom stereocenters. The summed E-state index contributed by atoms with van der Waals surface area (Å²) < 4.78 is 0. The molecular weight excluding hydrogens is 384 g/mol. The topological polar surface area (TPSA) is 188 Å². The van der Waals surface area contributed by atoms with E-state index >= 15 is 0 Å². The molecule has 0 radical (unpaired) electrons. The van der Waals surface area contributed by atoms with E-state index in [-0.39, 0.29) is 24.7 Å². The van der Waals surface area contributed by atoms with Gasteiger partial charge in [-0.25, -0.2) is 0 Å². The van der Waals surface area contributed by atoms with Crippen LogP contribution in [0.25, 0.3) is 0 Å². The van der Waals surface area contributed by atoms with Gasteiger partial charge in [-0.1, -0.05) is 27.7 Å². The van der Waals surface area contributed by atoms with E-state index in [1.54, 1.807) is 13.8 Å². The Hall–Kier alpha value is -2.69. The fourth-order valence-electron chi connectivity index (χ4n) is 2.37. The second-order valence-electron chi connectivity index (χ2n) is 7.57. The number of carbonyl (C=O) groups excluding carboxylic acids is 3. The number of hydrogen-bond donors (Lipinski definition) is 6. The molecule has 11 heteroatoms. The fourth-order valence-corrected chi connectivity index (χ4v) is 2.37. The third-order valence-electron chi connectivity index (χ3n) is 4.05. The average molecular weight is 416 g/mol. The molecule has 11 nitrogen and oxygen atoms in total. The van der Waals surface area contributed by atoms with Crippen LogP contribution in [0, 0.1) is 11.8 Å². The lowest BCUT2D eigenvalue weighted by molar-refractivity contribution is -0.140. The first kappa shape index (κ1) is 26.3. The largest absolute Gasteiger partial charge is 0.481 e. The van der Waals surface area contributed by atoms with E-state index in [4.69, 9.17) is 15.9 Å². The van der Waals surface area contributed by atoms with Crippen LogP contribution in [0.4, 0.5) is 0 Å². The van der Waals surface area contributed by atoms with Gasteiger partial charge in [0.2, 0.25) is 17.7 Å². The molecular formula is C18H32N4O7. The zero-order valence-corrected chi connectivity index (χ0v) is 17.2. The minimum Gasteiger partial charge on any atom is -0.481 e. The van der Waals surface area contributed by atoms with Crippen LogP contribution in [0.15, 0.2) is 0 Å². The van der Waals surface area contributed by atoms with Gasteiger partial charge in [0.25, 0.3) is 0 Å². The van der Waals surface area contributed by atoms with Crippen LogP contribution in [0.5, 0.6) is 0 Å². The van der Waals surface area contributed by atoms with Gasteiger partial charge in [0.15, 0.2) is 0 Å². The van der Waals surface area contributed by atoms with E-state index in [0.29, 0.717) is 0 Å². The Kier molecular flexibility index (Phi) is 11.5. The number of carbonyl (C=O) groups is 5. The monoisotopic (exact) mass is 416 g/mol. The van der Waals surface area contributed by atoms with Crippen molar-refractivity contribution < 1.29 is 34.2 Å². The van der Waals surface area contributed by atoms with Gasteiger partial charge in [-0.2, -0.15) is 0 Å². The smallest absolute Gasteiger partial charge is 0.322 e. The molecule has 166 valence electrons. The lowest BCUT2D eigenvalue weighted by Crippen LogP contribution is -2.57. The predicted molar refractivity (Wildman–Crippen MR) is 104 cm³/mol. The van der Waals surface area contributed by atoms with Gasteiger partial charge in [0, 0.05) is 6.42 Å². The Morgan fingerprint density at radius 2 is 1.38 bits per heavy atom. The number of amides is 3. The Bertz CT molecular complexity index is 607. The molecule has 0 spiro atoms. The van der Waals surface area contributed by atoms with Crippen LogP contribution in [0.1, 0.15) is 47.0 Å². The normalized spacial score (nSPS) is 14.0. The Morgan fingerprint density at radius 3 is 1.83 bits per heavy atom. The lowest BCUT2D eigenvalue weighted by atomic mass is 10.00. The van der Waals surface area contributed by atoms with Gasteiger partial charge in [-0.3, -0.25) is 24.0 Å². The second-order valence-corrected chi connectivity index (χ2v) is 7.57. The molecule has 0 aromatic heterocycles. The molecule has 3 amide bonds. The van der Waals surface area contributed by atoms with Crippen LogP contribution < -0.4 is 21.7 Å². The SMILES string of the molecule is CC(C)CC(NC(=O)C(N)C(C)C)C(=O)NC(CCC(=O)O)C(=O)NCC(=O)O. The van der Waals surface area contributed by atoms with Crippen molar-refractivity contribution in [1.29, 1.82) is 0 Å². The summed E-state index contributed by atoms with van der Waals surface area (Å²) in [6, 6.07) is -3.06. The fraction of sp³-hybridized carbons (Fsp3) is 0.722. The Morgan fingerprint density at radius 1 is 0.828 bits per heavy atom. The Labute approximate surface area is 169 Å². The summed E-state index contributed by atoms with van der Waals surface area (Å²) in [7, 11) is 0.